The van der Waals surface area contributed by atoms with Gasteiger partial charge in [-0.25, -0.2) is 4.98 Å². The first-order chi connectivity index (χ1) is 13.5. The highest BCUT2D eigenvalue weighted by molar-refractivity contribution is 5.92. The Morgan fingerprint density at radius 1 is 1.14 bits per heavy atom. The molecule has 1 aromatic carbocycles. The first-order valence-electron chi connectivity index (χ1n) is 9.62. The summed E-state index contributed by atoms with van der Waals surface area (Å²) in [5.74, 6) is 2.00. The molecular formula is C20H27N7O. The fraction of sp³-hybridized carbons (Fsp3) is 0.450. The summed E-state index contributed by atoms with van der Waals surface area (Å²) in [6.07, 6.45) is 1.72. The van der Waals surface area contributed by atoms with E-state index in [1.165, 1.54) is 0 Å². The Kier molecular flexibility index (Phi) is 5.15. The normalized spacial score (nSPS) is 15.6. The number of nitrogens with two attached hydrogens (primary N) is 1. The van der Waals surface area contributed by atoms with Gasteiger partial charge in [0.05, 0.1) is 11.7 Å². The summed E-state index contributed by atoms with van der Waals surface area (Å²) in [5.41, 5.74) is 9.12. The van der Waals surface area contributed by atoms with Crippen LogP contribution in [0.25, 0.3) is 22.0 Å². The monoisotopic (exact) mass is 381 g/mol. The lowest BCUT2D eigenvalue weighted by Gasteiger charge is -2.35. The number of hydrogen-bond acceptors (Lipinski definition) is 8. The maximum absolute atomic E-state index is 6.30. The summed E-state index contributed by atoms with van der Waals surface area (Å²) in [4.78, 5) is 16.3. The third-order valence-corrected chi connectivity index (χ3v) is 5.29. The lowest BCUT2D eigenvalue weighted by atomic mass is 10.0. The van der Waals surface area contributed by atoms with Crippen molar-refractivity contribution < 1.29 is 4.52 Å². The number of aryl methyl sites for hydroxylation is 1. The summed E-state index contributed by atoms with van der Waals surface area (Å²) >= 11 is 0. The van der Waals surface area contributed by atoms with Crippen molar-refractivity contribution in [1.29, 1.82) is 0 Å². The highest BCUT2D eigenvalue weighted by Gasteiger charge is 2.20. The largest absolute Gasteiger partial charge is 0.383 e. The standard InChI is InChI=1S/C20H27N7O/c1-14-17(13-22-28-14)15-4-5-18-16(12-15)19(21)24-20(23-18)27-10-8-26(9-11-27)7-6-25(2)3/h4-5,12-13H,6-11H2,1-3H3,(H2,21,23,24). The molecule has 2 N–H and O–H groups in total. The third kappa shape index (κ3) is 3.79. The van der Waals surface area contributed by atoms with Crippen molar-refractivity contribution in [3.63, 3.8) is 0 Å². The maximum Gasteiger partial charge on any atom is 0.227 e. The van der Waals surface area contributed by atoms with Gasteiger partial charge in [0, 0.05) is 50.2 Å². The number of hydrogen-bond donors (Lipinski definition) is 1. The molecule has 1 aliphatic rings. The number of benzene rings is 1. The Labute approximate surface area is 164 Å². The predicted octanol–water partition coefficient (Wildman–Crippen LogP) is 1.86. The minimum absolute atomic E-state index is 0.506. The van der Waals surface area contributed by atoms with E-state index in [-0.39, 0.29) is 0 Å². The fourth-order valence-electron chi connectivity index (χ4n) is 3.54. The second-order valence-electron chi connectivity index (χ2n) is 7.57. The molecule has 8 heteroatoms. The summed E-state index contributed by atoms with van der Waals surface area (Å²) in [5, 5.41) is 4.71. The Bertz CT molecular complexity index is 960. The van der Waals surface area contributed by atoms with Crippen LogP contribution >= 0.6 is 0 Å². The van der Waals surface area contributed by atoms with E-state index in [0.717, 1.165) is 67.1 Å². The van der Waals surface area contributed by atoms with Gasteiger partial charge in [0.1, 0.15) is 11.6 Å². The number of nitrogen functional groups attached to an aromatic ring is 1. The predicted molar refractivity (Wildman–Crippen MR) is 111 cm³/mol. The molecule has 0 spiro atoms. The van der Waals surface area contributed by atoms with Gasteiger partial charge < -0.3 is 20.1 Å². The molecule has 4 rings (SSSR count). The smallest absolute Gasteiger partial charge is 0.227 e. The van der Waals surface area contributed by atoms with Crippen molar-refractivity contribution in [3.05, 3.63) is 30.2 Å². The number of likely N-dealkylation sites (N-methyl/N-ethyl adjacent to an activating group) is 1. The van der Waals surface area contributed by atoms with E-state index in [9.17, 15) is 0 Å². The molecule has 8 nitrogen and oxygen atoms in total. The number of aromatic nitrogens is 3. The van der Waals surface area contributed by atoms with Crippen LogP contribution in [0.2, 0.25) is 0 Å². The van der Waals surface area contributed by atoms with Crippen molar-refractivity contribution >= 4 is 22.7 Å². The molecular weight excluding hydrogens is 354 g/mol. The zero-order chi connectivity index (χ0) is 19.7. The zero-order valence-corrected chi connectivity index (χ0v) is 16.7. The van der Waals surface area contributed by atoms with Gasteiger partial charge in [-0.3, -0.25) is 4.90 Å². The highest BCUT2D eigenvalue weighted by Crippen LogP contribution is 2.29. The molecule has 0 unspecified atom stereocenters. The third-order valence-electron chi connectivity index (χ3n) is 5.29. The van der Waals surface area contributed by atoms with Crippen LogP contribution in [0.15, 0.2) is 28.9 Å². The number of rotatable bonds is 5. The van der Waals surface area contributed by atoms with Crippen LogP contribution in [-0.4, -0.2) is 78.3 Å². The molecule has 0 atom stereocenters. The summed E-state index contributed by atoms with van der Waals surface area (Å²) in [7, 11) is 4.22. The van der Waals surface area contributed by atoms with E-state index in [4.69, 9.17) is 15.2 Å². The lowest BCUT2D eigenvalue weighted by Crippen LogP contribution is -2.48. The Hall–Kier alpha value is -2.71. The van der Waals surface area contributed by atoms with Crippen LogP contribution in [0.4, 0.5) is 11.8 Å². The first kappa shape index (κ1) is 18.6. The molecule has 2 aromatic heterocycles. The molecule has 28 heavy (non-hydrogen) atoms. The van der Waals surface area contributed by atoms with Crippen molar-refractivity contribution in [2.45, 2.75) is 6.92 Å². The molecule has 0 amide bonds. The number of anilines is 2. The molecule has 3 heterocycles. The molecule has 148 valence electrons. The minimum Gasteiger partial charge on any atom is -0.383 e. The van der Waals surface area contributed by atoms with E-state index in [1.807, 2.05) is 25.1 Å². The van der Waals surface area contributed by atoms with Crippen molar-refractivity contribution in [1.82, 2.24) is 24.9 Å². The zero-order valence-electron chi connectivity index (χ0n) is 16.7. The summed E-state index contributed by atoms with van der Waals surface area (Å²) < 4.78 is 5.17. The summed E-state index contributed by atoms with van der Waals surface area (Å²) in [6, 6.07) is 6.02. The molecule has 1 aliphatic heterocycles. The van der Waals surface area contributed by atoms with E-state index < -0.39 is 0 Å². The lowest BCUT2D eigenvalue weighted by molar-refractivity contribution is 0.229. The van der Waals surface area contributed by atoms with Gasteiger partial charge >= 0.3 is 0 Å². The van der Waals surface area contributed by atoms with E-state index in [0.29, 0.717) is 11.8 Å². The van der Waals surface area contributed by atoms with Gasteiger partial charge in [-0.2, -0.15) is 4.98 Å². The second kappa shape index (κ2) is 7.73. The topological polar surface area (TPSA) is 87.6 Å². The Morgan fingerprint density at radius 3 is 2.61 bits per heavy atom. The van der Waals surface area contributed by atoms with Gasteiger partial charge in [-0.15, -0.1) is 0 Å². The van der Waals surface area contributed by atoms with Crippen LogP contribution in [0, 0.1) is 6.92 Å². The molecule has 1 fully saturated rings. The molecule has 0 radical (unpaired) electrons. The van der Waals surface area contributed by atoms with Crippen LogP contribution in [0.3, 0.4) is 0 Å². The first-order valence-corrected chi connectivity index (χ1v) is 9.62. The van der Waals surface area contributed by atoms with E-state index in [2.05, 4.69) is 38.9 Å². The van der Waals surface area contributed by atoms with Crippen LogP contribution in [0.5, 0.6) is 0 Å². The number of piperazine rings is 1. The average Bonchev–Trinajstić information content (AvgIpc) is 3.12. The fourth-order valence-corrected chi connectivity index (χ4v) is 3.54. The Morgan fingerprint density at radius 2 is 1.93 bits per heavy atom. The summed E-state index contributed by atoms with van der Waals surface area (Å²) in [6.45, 7) is 7.92. The number of nitrogens with zero attached hydrogens (tertiary/aromatic N) is 6. The van der Waals surface area contributed by atoms with Crippen molar-refractivity contribution in [3.8, 4) is 11.1 Å². The quantitative estimate of drug-likeness (QED) is 0.717. The highest BCUT2D eigenvalue weighted by atomic mass is 16.5. The molecule has 0 aliphatic carbocycles. The van der Waals surface area contributed by atoms with Crippen molar-refractivity contribution in [2.75, 3.05) is 64.0 Å². The Balaban J connectivity index is 1.53. The van der Waals surface area contributed by atoms with Gasteiger partial charge in [-0.05, 0) is 38.7 Å². The van der Waals surface area contributed by atoms with Crippen LogP contribution in [0.1, 0.15) is 5.76 Å². The van der Waals surface area contributed by atoms with Crippen molar-refractivity contribution in [2.24, 2.45) is 0 Å². The molecule has 3 aromatic rings. The molecule has 0 bridgehead atoms. The SMILES string of the molecule is Cc1oncc1-c1ccc2nc(N3CCN(CCN(C)C)CC3)nc(N)c2c1. The van der Waals surface area contributed by atoms with Crippen LogP contribution < -0.4 is 10.6 Å². The second-order valence-corrected chi connectivity index (χ2v) is 7.57. The molecule has 0 saturated carbocycles. The van der Waals surface area contributed by atoms with Gasteiger partial charge in [-0.1, -0.05) is 11.2 Å². The van der Waals surface area contributed by atoms with E-state index in [1.54, 1.807) is 6.20 Å². The number of fused-ring (bicyclic) bond motifs is 1. The maximum atomic E-state index is 6.30. The molecule has 1 saturated heterocycles. The van der Waals surface area contributed by atoms with E-state index >= 15 is 0 Å². The van der Waals surface area contributed by atoms with Crippen LogP contribution in [-0.2, 0) is 0 Å². The average molecular weight is 381 g/mol. The van der Waals surface area contributed by atoms with Gasteiger partial charge in [0.2, 0.25) is 5.95 Å². The minimum atomic E-state index is 0.506. The van der Waals surface area contributed by atoms with Gasteiger partial charge in [0.25, 0.3) is 0 Å². The van der Waals surface area contributed by atoms with Gasteiger partial charge in [0.15, 0.2) is 0 Å².